The van der Waals surface area contributed by atoms with Crippen molar-refractivity contribution in [3.05, 3.63) is 45.8 Å². The number of hydrogen-bond donors (Lipinski definition) is 0. The standard InChI is InChI=1S/2C12H20Si.2ClH.Hf/c2*1-3-7-13(8-4-9-13)12-6-5-11(2)10-12;;;/h2*6,10H,3-5,7-9H2,1-2H3;2*1H;/p-2. The molecule has 0 unspecified atom stereocenters. The summed E-state index contributed by atoms with van der Waals surface area (Å²) >= 11 is 0. The van der Waals surface area contributed by atoms with Gasteiger partial charge in [0.05, 0.1) is 16.1 Å². The van der Waals surface area contributed by atoms with Gasteiger partial charge in [0.25, 0.3) is 0 Å². The molecule has 0 atom stereocenters. The Balaban J connectivity index is 0.000000490. The first kappa shape index (κ1) is 29.8. The van der Waals surface area contributed by atoms with Gasteiger partial charge < -0.3 is 24.8 Å². The monoisotopic (exact) mass is 634 g/mol. The Labute approximate surface area is 213 Å². The number of rotatable bonds is 6. The Kier molecular flexibility index (Phi) is 13.8. The van der Waals surface area contributed by atoms with Gasteiger partial charge in [0.1, 0.15) is 0 Å². The molecule has 0 amide bonds. The van der Waals surface area contributed by atoms with Crippen LogP contribution in [0.3, 0.4) is 0 Å². The van der Waals surface area contributed by atoms with Crippen LogP contribution in [-0.4, -0.2) is 16.1 Å². The van der Waals surface area contributed by atoms with E-state index in [1.807, 2.05) is 0 Å². The minimum atomic E-state index is -0.867. The van der Waals surface area contributed by atoms with Crippen molar-refractivity contribution in [2.24, 2.45) is 0 Å². The maximum atomic E-state index is 2.52. The van der Waals surface area contributed by atoms with Crippen LogP contribution in [0.15, 0.2) is 45.8 Å². The molecule has 5 heteroatoms. The summed E-state index contributed by atoms with van der Waals surface area (Å²) in [6.45, 7) is 9.24. The summed E-state index contributed by atoms with van der Waals surface area (Å²) < 4.78 is 0. The van der Waals surface area contributed by atoms with Crippen LogP contribution >= 0.6 is 0 Å². The molecule has 2 fully saturated rings. The molecule has 0 N–H and O–H groups in total. The molecule has 0 aromatic rings. The molecule has 4 aliphatic rings. The van der Waals surface area contributed by atoms with Gasteiger partial charge in [-0.3, -0.25) is 0 Å². The van der Waals surface area contributed by atoms with Crippen molar-refractivity contribution in [2.45, 2.75) is 102 Å². The van der Waals surface area contributed by atoms with Gasteiger partial charge in [-0.05, 0) is 26.7 Å². The molecule has 0 aromatic carbocycles. The smallest absolute Gasteiger partial charge is 0.0862 e. The predicted molar refractivity (Wildman–Crippen MR) is 123 cm³/mol. The molecule has 2 aliphatic heterocycles. The molecule has 2 heterocycles. The van der Waals surface area contributed by atoms with Crippen LogP contribution in [0.25, 0.3) is 0 Å². The van der Waals surface area contributed by atoms with Crippen LogP contribution in [0.2, 0.25) is 36.3 Å². The Bertz CT molecular complexity index is 585. The van der Waals surface area contributed by atoms with Gasteiger partial charge in [-0.25, -0.2) is 0 Å². The maximum absolute atomic E-state index is 2.52. The van der Waals surface area contributed by atoms with Crippen LogP contribution in [-0.2, 0) is 25.8 Å². The first-order chi connectivity index (χ1) is 12.5. The van der Waals surface area contributed by atoms with E-state index < -0.39 is 16.1 Å². The van der Waals surface area contributed by atoms with E-state index in [1.165, 1.54) is 38.5 Å². The number of halogens is 2. The largest absolute Gasteiger partial charge is 1.00 e. The van der Waals surface area contributed by atoms with E-state index in [1.54, 1.807) is 57.8 Å². The van der Waals surface area contributed by atoms with Gasteiger partial charge in [-0.1, -0.05) is 122 Å². The van der Waals surface area contributed by atoms with E-state index in [0.717, 1.165) is 0 Å². The minimum Gasteiger partial charge on any atom is -1.00 e. The fourth-order valence-electron chi connectivity index (χ4n) is 5.58. The van der Waals surface area contributed by atoms with Gasteiger partial charge in [0, 0.05) is 25.8 Å². The van der Waals surface area contributed by atoms with E-state index in [2.05, 4.69) is 52.0 Å². The summed E-state index contributed by atoms with van der Waals surface area (Å²) in [5.74, 6) is 0. The second-order valence-electron chi connectivity index (χ2n) is 9.48. The number of allylic oxidation sites excluding steroid dienone is 8. The quantitative estimate of drug-likeness (QED) is 0.394. The summed E-state index contributed by atoms with van der Waals surface area (Å²) in [5.41, 5.74) is 3.18. The summed E-state index contributed by atoms with van der Waals surface area (Å²) in [4.78, 5) is 0. The van der Waals surface area contributed by atoms with Crippen molar-refractivity contribution in [2.75, 3.05) is 0 Å². The fourth-order valence-corrected chi connectivity index (χ4v) is 14.8. The second-order valence-corrected chi connectivity index (χ2v) is 18.8. The van der Waals surface area contributed by atoms with Crippen molar-refractivity contribution in [3.63, 3.8) is 0 Å². The third-order valence-electron chi connectivity index (χ3n) is 7.39. The van der Waals surface area contributed by atoms with Crippen LogP contribution in [0.1, 0.15) is 66.2 Å². The Morgan fingerprint density at radius 1 is 0.690 bits per heavy atom. The molecule has 0 aromatic heterocycles. The van der Waals surface area contributed by atoms with Gasteiger partial charge >= 0.3 is 0 Å². The van der Waals surface area contributed by atoms with Crippen LogP contribution < -0.4 is 24.8 Å². The van der Waals surface area contributed by atoms with E-state index in [0.29, 0.717) is 0 Å². The molecule has 4 rings (SSSR count). The van der Waals surface area contributed by atoms with Crippen LogP contribution in [0.5, 0.6) is 0 Å². The summed E-state index contributed by atoms with van der Waals surface area (Å²) in [5, 5.41) is 3.61. The summed E-state index contributed by atoms with van der Waals surface area (Å²) in [6, 6.07) is 9.41. The van der Waals surface area contributed by atoms with Crippen LogP contribution in [0.4, 0.5) is 0 Å². The van der Waals surface area contributed by atoms with Crippen molar-refractivity contribution in [3.8, 4) is 0 Å². The normalized spacial score (nSPS) is 22.5. The third kappa shape index (κ3) is 6.91. The van der Waals surface area contributed by atoms with Gasteiger partial charge in [0.15, 0.2) is 0 Å². The molecule has 29 heavy (non-hydrogen) atoms. The molecule has 164 valence electrons. The molecule has 2 saturated heterocycles. The summed E-state index contributed by atoms with van der Waals surface area (Å²) in [7, 11) is -1.73. The molecule has 0 spiro atoms. The van der Waals surface area contributed by atoms with Gasteiger partial charge in [-0.2, -0.15) is 0 Å². The SMILES string of the molecule is CCC[Si]1(C2=CCC(C)=C2)CCC1.CCC[Si]1(C2=CCC(C)=C2)CCC1.[Cl-].[Cl-].[Hf]. The topological polar surface area (TPSA) is 0 Å². The van der Waals surface area contributed by atoms with Gasteiger partial charge in [-0.15, -0.1) is 0 Å². The zero-order chi connectivity index (χ0) is 18.6. The Morgan fingerprint density at radius 2 is 1.03 bits per heavy atom. The minimum absolute atomic E-state index is 0. The zero-order valence-electron chi connectivity index (χ0n) is 19.1. The van der Waals surface area contributed by atoms with Crippen molar-refractivity contribution < 1.29 is 50.7 Å². The molecule has 0 nitrogen and oxygen atoms in total. The van der Waals surface area contributed by atoms with Crippen LogP contribution in [0, 0.1) is 0 Å². The third-order valence-corrected chi connectivity index (χ3v) is 18.7. The zero-order valence-corrected chi connectivity index (χ0v) is 26.2. The van der Waals surface area contributed by atoms with Crippen molar-refractivity contribution in [1.29, 1.82) is 0 Å². The maximum Gasteiger partial charge on any atom is 0.0862 e. The average molecular weight is 634 g/mol. The number of hydrogen-bond acceptors (Lipinski definition) is 0. The van der Waals surface area contributed by atoms with E-state index in [4.69, 9.17) is 0 Å². The van der Waals surface area contributed by atoms with E-state index in [-0.39, 0.29) is 50.7 Å². The summed E-state index contributed by atoms with van der Waals surface area (Å²) in [6.07, 6.45) is 18.4. The van der Waals surface area contributed by atoms with Gasteiger partial charge in [0.2, 0.25) is 0 Å². The van der Waals surface area contributed by atoms with Crippen molar-refractivity contribution >= 4 is 16.1 Å². The molecular weight excluding hydrogens is 594 g/mol. The molecule has 2 aliphatic carbocycles. The first-order valence-corrected chi connectivity index (χ1v) is 16.5. The molecule has 0 bridgehead atoms. The predicted octanol–water partition coefficient (Wildman–Crippen LogP) is 2.13. The Morgan fingerprint density at radius 3 is 1.21 bits per heavy atom. The van der Waals surface area contributed by atoms with Crippen molar-refractivity contribution in [1.82, 2.24) is 0 Å². The van der Waals surface area contributed by atoms with E-state index in [9.17, 15) is 0 Å². The molecule has 0 saturated carbocycles. The molecular formula is C24H40Cl2HfSi2-2. The molecule has 0 radical (unpaired) electrons. The van der Waals surface area contributed by atoms with E-state index >= 15 is 0 Å². The average Bonchev–Trinajstić information content (AvgIpc) is 3.16. The fraction of sp³-hybridized carbons (Fsp3) is 0.667. The first-order valence-electron chi connectivity index (χ1n) is 11.3. The Hall–Kier alpha value is 0.844. The second kappa shape index (κ2) is 13.4.